The van der Waals surface area contributed by atoms with E-state index < -0.39 is 18.0 Å². The summed E-state index contributed by atoms with van der Waals surface area (Å²) >= 11 is 0. The highest BCUT2D eigenvalue weighted by Crippen LogP contribution is 2.20. The van der Waals surface area contributed by atoms with Crippen LogP contribution < -0.4 is 0 Å². The van der Waals surface area contributed by atoms with Gasteiger partial charge in [0, 0.05) is 6.92 Å². The summed E-state index contributed by atoms with van der Waals surface area (Å²) in [5.74, 6) is -1.44. The third-order valence-corrected chi connectivity index (χ3v) is 2.06. The van der Waals surface area contributed by atoms with E-state index in [1.54, 1.807) is 24.3 Å². The Hall–Kier alpha value is -1.88. The summed E-state index contributed by atoms with van der Waals surface area (Å²) in [5.41, 5.74) is 0.738. The Morgan fingerprint density at radius 3 is 2.47 bits per heavy atom. The van der Waals surface area contributed by atoms with Gasteiger partial charge in [-0.05, 0) is 5.56 Å². The number of ether oxygens (including phenoxy) is 2. The van der Waals surface area contributed by atoms with E-state index in [9.17, 15) is 9.59 Å². The van der Waals surface area contributed by atoms with Crippen LogP contribution in [-0.2, 0) is 19.1 Å². The Labute approximate surface area is 99.0 Å². The Morgan fingerprint density at radius 1 is 1.29 bits per heavy atom. The number of aliphatic carboxylic acids is 1. The molecule has 1 rings (SSSR count). The molecule has 0 saturated carbocycles. The highest BCUT2D eigenvalue weighted by molar-refractivity contribution is 5.67. The van der Waals surface area contributed by atoms with Gasteiger partial charge in [0.2, 0.25) is 0 Å². The average Bonchev–Trinajstić information content (AvgIpc) is 2.28. The number of hydrogen-bond donors (Lipinski definition) is 1. The Kier molecular flexibility index (Phi) is 5.16. The predicted octanol–water partition coefficient (Wildman–Crippen LogP) is 1.74. The normalized spacial score (nSPS) is 11.8. The number of carbonyl (C=O) groups is 2. The molecule has 0 aromatic heterocycles. The van der Waals surface area contributed by atoms with Crippen molar-refractivity contribution in [3.05, 3.63) is 35.9 Å². The molecule has 1 aromatic rings. The Morgan fingerprint density at radius 2 is 1.94 bits per heavy atom. The van der Waals surface area contributed by atoms with Gasteiger partial charge in [0.1, 0.15) is 0 Å². The largest absolute Gasteiger partial charge is 0.481 e. The van der Waals surface area contributed by atoms with Gasteiger partial charge < -0.3 is 14.6 Å². The first-order chi connectivity index (χ1) is 8.09. The highest BCUT2D eigenvalue weighted by Gasteiger charge is 2.16. The van der Waals surface area contributed by atoms with Crippen LogP contribution in [0.2, 0.25) is 0 Å². The third-order valence-electron chi connectivity index (χ3n) is 2.06. The number of carboxylic acids is 1. The molecule has 0 aliphatic heterocycles. The maximum atomic E-state index is 10.7. The minimum absolute atomic E-state index is 0.175. The van der Waals surface area contributed by atoms with E-state index in [1.165, 1.54) is 6.92 Å². The van der Waals surface area contributed by atoms with E-state index in [-0.39, 0.29) is 13.2 Å². The topological polar surface area (TPSA) is 72.8 Å². The average molecular weight is 238 g/mol. The quantitative estimate of drug-likeness (QED) is 0.603. The summed E-state index contributed by atoms with van der Waals surface area (Å²) < 4.78 is 9.85. The van der Waals surface area contributed by atoms with Crippen LogP contribution in [0.1, 0.15) is 25.0 Å². The van der Waals surface area contributed by atoms with Crippen molar-refractivity contribution in [3.8, 4) is 0 Å². The van der Waals surface area contributed by atoms with Crippen molar-refractivity contribution in [3.63, 3.8) is 0 Å². The second-order valence-electron chi connectivity index (χ2n) is 3.42. The van der Waals surface area contributed by atoms with Gasteiger partial charge in [0.05, 0.1) is 12.5 Å². The molecule has 0 fully saturated rings. The zero-order valence-corrected chi connectivity index (χ0v) is 9.46. The highest BCUT2D eigenvalue weighted by atomic mass is 16.7. The lowest BCUT2D eigenvalue weighted by Gasteiger charge is -2.15. The first-order valence-corrected chi connectivity index (χ1v) is 5.11. The first-order valence-electron chi connectivity index (χ1n) is 5.11. The number of esters is 1. The van der Waals surface area contributed by atoms with Gasteiger partial charge in [-0.1, -0.05) is 30.3 Å². The van der Waals surface area contributed by atoms with Crippen LogP contribution in [0.15, 0.2) is 30.3 Å². The van der Waals surface area contributed by atoms with Crippen molar-refractivity contribution in [2.45, 2.75) is 19.4 Å². The minimum Gasteiger partial charge on any atom is -0.481 e. The lowest BCUT2D eigenvalue weighted by Crippen LogP contribution is -2.13. The van der Waals surface area contributed by atoms with Gasteiger partial charge in [-0.15, -0.1) is 0 Å². The number of rotatable bonds is 6. The molecule has 0 heterocycles. The van der Waals surface area contributed by atoms with E-state index in [2.05, 4.69) is 4.74 Å². The molecular formula is C12H14O5. The van der Waals surface area contributed by atoms with E-state index in [4.69, 9.17) is 9.84 Å². The molecule has 0 bridgehead atoms. The maximum Gasteiger partial charge on any atom is 0.306 e. The van der Waals surface area contributed by atoms with E-state index in [1.807, 2.05) is 6.07 Å². The van der Waals surface area contributed by atoms with Crippen LogP contribution in [0.5, 0.6) is 0 Å². The van der Waals surface area contributed by atoms with Gasteiger partial charge in [-0.25, -0.2) is 0 Å². The molecule has 0 saturated heterocycles. The molecule has 92 valence electrons. The standard InChI is InChI=1S/C12H14O5/c1-9(13)16-8-17-11(7-12(14)15)10-5-3-2-4-6-10/h2-6,11H,7-8H2,1H3,(H,14,15). The molecule has 1 atom stereocenters. The van der Waals surface area contributed by atoms with Crippen molar-refractivity contribution in [2.24, 2.45) is 0 Å². The van der Waals surface area contributed by atoms with Crippen LogP contribution in [0.25, 0.3) is 0 Å². The van der Waals surface area contributed by atoms with Gasteiger partial charge in [0.15, 0.2) is 6.79 Å². The van der Waals surface area contributed by atoms with Crippen molar-refractivity contribution in [1.82, 2.24) is 0 Å². The predicted molar refractivity (Wildman–Crippen MR) is 59.2 cm³/mol. The maximum absolute atomic E-state index is 10.7. The fourth-order valence-electron chi connectivity index (χ4n) is 1.30. The summed E-state index contributed by atoms with van der Waals surface area (Å²) in [7, 11) is 0. The van der Waals surface area contributed by atoms with Crippen LogP contribution in [-0.4, -0.2) is 23.8 Å². The minimum atomic E-state index is -0.971. The second-order valence-corrected chi connectivity index (χ2v) is 3.42. The number of carbonyl (C=O) groups excluding carboxylic acids is 1. The second kappa shape index (κ2) is 6.65. The summed E-state index contributed by atoms with van der Waals surface area (Å²) in [6, 6.07) is 8.94. The first kappa shape index (κ1) is 13.2. The molecule has 0 aliphatic carbocycles. The van der Waals surface area contributed by atoms with Gasteiger partial charge in [-0.2, -0.15) is 0 Å². The molecule has 0 spiro atoms. The fourth-order valence-corrected chi connectivity index (χ4v) is 1.30. The molecule has 5 heteroatoms. The van der Waals surface area contributed by atoms with E-state index in [0.717, 1.165) is 5.56 Å². The van der Waals surface area contributed by atoms with Gasteiger partial charge in [-0.3, -0.25) is 9.59 Å². The third kappa shape index (κ3) is 5.12. The molecular weight excluding hydrogens is 224 g/mol. The monoisotopic (exact) mass is 238 g/mol. The van der Waals surface area contributed by atoms with Crippen molar-refractivity contribution < 1.29 is 24.2 Å². The Bertz CT molecular complexity index is 374. The fraction of sp³-hybridized carbons (Fsp3) is 0.333. The summed E-state index contributed by atoms with van der Waals surface area (Å²) in [5, 5.41) is 8.77. The van der Waals surface area contributed by atoms with Gasteiger partial charge >= 0.3 is 11.9 Å². The van der Waals surface area contributed by atoms with Crippen LogP contribution in [0.3, 0.4) is 0 Å². The van der Waals surface area contributed by atoms with E-state index >= 15 is 0 Å². The van der Waals surface area contributed by atoms with Gasteiger partial charge in [0.25, 0.3) is 0 Å². The molecule has 0 aliphatic rings. The number of hydrogen-bond acceptors (Lipinski definition) is 4. The summed E-state index contributed by atoms with van der Waals surface area (Å²) in [4.78, 5) is 21.3. The molecule has 5 nitrogen and oxygen atoms in total. The SMILES string of the molecule is CC(=O)OCOC(CC(=O)O)c1ccccc1. The lowest BCUT2D eigenvalue weighted by atomic mass is 10.1. The van der Waals surface area contributed by atoms with Crippen molar-refractivity contribution in [1.29, 1.82) is 0 Å². The van der Waals surface area contributed by atoms with Crippen LogP contribution >= 0.6 is 0 Å². The van der Waals surface area contributed by atoms with Crippen molar-refractivity contribution >= 4 is 11.9 Å². The number of carboxylic acid groups (broad SMARTS) is 1. The molecule has 0 amide bonds. The van der Waals surface area contributed by atoms with Crippen LogP contribution in [0.4, 0.5) is 0 Å². The molecule has 1 N–H and O–H groups in total. The zero-order valence-electron chi connectivity index (χ0n) is 9.46. The van der Waals surface area contributed by atoms with E-state index in [0.29, 0.717) is 0 Å². The molecule has 1 aromatic carbocycles. The number of benzene rings is 1. The Balaban J connectivity index is 2.61. The van der Waals surface area contributed by atoms with Crippen molar-refractivity contribution in [2.75, 3.05) is 6.79 Å². The summed E-state index contributed by atoms with van der Waals surface area (Å²) in [6.45, 7) is 1.01. The summed E-state index contributed by atoms with van der Waals surface area (Å²) in [6.07, 6.45) is -0.793. The molecule has 17 heavy (non-hydrogen) atoms. The molecule has 0 radical (unpaired) electrons. The zero-order chi connectivity index (χ0) is 12.7. The van der Waals surface area contributed by atoms with Crippen LogP contribution in [0, 0.1) is 0 Å². The lowest BCUT2D eigenvalue weighted by molar-refractivity contribution is -0.161. The molecule has 1 unspecified atom stereocenters. The smallest absolute Gasteiger partial charge is 0.306 e.